The predicted molar refractivity (Wildman–Crippen MR) is 109 cm³/mol. The Morgan fingerprint density at radius 1 is 1.08 bits per heavy atom. The van der Waals surface area contributed by atoms with Crippen molar-refractivity contribution < 1.29 is 14.0 Å². The minimum absolute atomic E-state index is 0.151. The van der Waals surface area contributed by atoms with E-state index in [-0.39, 0.29) is 12.1 Å². The lowest BCUT2D eigenvalue weighted by Crippen LogP contribution is -2.50. The maximum atomic E-state index is 12.0. The highest BCUT2D eigenvalue weighted by Crippen LogP contribution is 2.43. The Morgan fingerprint density at radius 3 is 1.92 bits per heavy atom. The molecule has 0 bridgehead atoms. The SMILES string of the molecule is C#CCCC(/C=C/C(=O)OC(C)(C)C)O[Si](C(C)C)(C(C)C)C(C)C. The Bertz CT molecular complexity index is 457. The van der Waals surface area contributed by atoms with Gasteiger partial charge in [0.25, 0.3) is 0 Å². The summed E-state index contributed by atoms with van der Waals surface area (Å²) in [5, 5.41) is 0. The highest BCUT2D eigenvalue weighted by atomic mass is 28.4. The van der Waals surface area contributed by atoms with Gasteiger partial charge >= 0.3 is 5.97 Å². The van der Waals surface area contributed by atoms with E-state index in [0.717, 1.165) is 6.42 Å². The first-order valence-corrected chi connectivity index (χ1v) is 11.5. The van der Waals surface area contributed by atoms with Crippen LogP contribution < -0.4 is 0 Å². The van der Waals surface area contributed by atoms with Crippen molar-refractivity contribution in [3.63, 3.8) is 0 Å². The first kappa shape index (κ1) is 23.9. The molecule has 0 amide bonds. The van der Waals surface area contributed by atoms with Crippen LogP contribution in [-0.4, -0.2) is 26.0 Å². The normalized spacial score (nSPS) is 14.4. The summed E-state index contributed by atoms with van der Waals surface area (Å²) in [4.78, 5) is 12.0. The fourth-order valence-electron chi connectivity index (χ4n) is 3.61. The predicted octanol–water partition coefficient (Wildman–Crippen LogP) is 5.86. The van der Waals surface area contributed by atoms with Gasteiger partial charge in [0.1, 0.15) is 5.60 Å². The van der Waals surface area contributed by atoms with Crippen molar-refractivity contribution in [2.45, 2.75) is 103 Å². The van der Waals surface area contributed by atoms with Crippen LogP contribution in [0.5, 0.6) is 0 Å². The molecular weight excluding hydrogens is 328 g/mol. The van der Waals surface area contributed by atoms with Gasteiger partial charge in [-0.3, -0.25) is 0 Å². The summed E-state index contributed by atoms with van der Waals surface area (Å²) in [7, 11) is -2.03. The van der Waals surface area contributed by atoms with Gasteiger partial charge in [0.15, 0.2) is 0 Å². The van der Waals surface area contributed by atoms with E-state index in [1.807, 2.05) is 26.8 Å². The number of esters is 1. The third-order valence-corrected chi connectivity index (χ3v) is 10.6. The lowest BCUT2D eigenvalue weighted by Gasteiger charge is -2.44. The number of carbonyl (C=O) groups excluding carboxylic acids is 1. The highest BCUT2D eigenvalue weighted by molar-refractivity contribution is 6.77. The molecule has 0 rings (SSSR count). The summed E-state index contributed by atoms with van der Waals surface area (Å²) in [6.45, 7) is 19.1. The molecule has 0 aromatic heterocycles. The van der Waals surface area contributed by atoms with Gasteiger partial charge in [0, 0.05) is 12.5 Å². The molecule has 0 saturated carbocycles. The average molecular weight is 367 g/mol. The molecule has 4 heteroatoms. The zero-order valence-corrected chi connectivity index (χ0v) is 18.7. The molecule has 0 N–H and O–H groups in total. The summed E-state index contributed by atoms with van der Waals surface area (Å²) in [6, 6.07) is 0. The van der Waals surface area contributed by atoms with E-state index < -0.39 is 13.9 Å². The molecule has 25 heavy (non-hydrogen) atoms. The molecule has 0 aliphatic rings. The number of ether oxygens (including phenoxy) is 1. The minimum atomic E-state index is -2.03. The van der Waals surface area contributed by atoms with Gasteiger partial charge in [-0.1, -0.05) is 41.5 Å². The molecular formula is C21H38O3Si. The van der Waals surface area contributed by atoms with Gasteiger partial charge in [-0.15, -0.1) is 12.3 Å². The molecule has 1 atom stereocenters. The third kappa shape index (κ3) is 7.79. The second-order valence-electron chi connectivity index (χ2n) is 8.61. The van der Waals surface area contributed by atoms with Crippen LogP contribution in [0.2, 0.25) is 16.6 Å². The van der Waals surface area contributed by atoms with Crippen molar-refractivity contribution in [2.75, 3.05) is 0 Å². The molecule has 0 aromatic carbocycles. The van der Waals surface area contributed by atoms with Gasteiger partial charge in [-0.2, -0.15) is 0 Å². The molecule has 3 nitrogen and oxygen atoms in total. The molecule has 0 aromatic rings. The second kappa shape index (κ2) is 10.2. The molecule has 0 radical (unpaired) electrons. The molecule has 0 aliphatic carbocycles. The summed E-state index contributed by atoms with van der Waals surface area (Å²) in [5.41, 5.74) is 0.949. The van der Waals surface area contributed by atoms with Gasteiger partial charge in [-0.25, -0.2) is 4.79 Å². The fourth-order valence-corrected chi connectivity index (χ4v) is 9.15. The monoisotopic (exact) mass is 366 g/mol. The summed E-state index contributed by atoms with van der Waals surface area (Å²) in [5.74, 6) is 2.34. The zero-order valence-electron chi connectivity index (χ0n) is 17.7. The van der Waals surface area contributed by atoms with E-state index in [2.05, 4.69) is 47.5 Å². The van der Waals surface area contributed by atoms with Crippen LogP contribution in [0.15, 0.2) is 12.2 Å². The van der Waals surface area contributed by atoms with E-state index >= 15 is 0 Å². The molecule has 0 heterocycles. The van der Waals surface area contributed by atoms with Crippen molar-refractivity contribution >= 4 is 14.3 Å². The lowest BCUT2D eigenvalue weighted by molar-refractivity contribution is -0.148. The van der Waals surface area contributed by atoms with E-state index in [0.29, 0.717) is 23.0 Å². The number of hydrogen-bond donors (Lipinski definition) is 0. The minimum Gasteiger partial charge on any atom is -0.457 e. The van der Waals surface area contributed by atoms with Crippen LogP contribution >= 0.6 is 0 Å². The van der Waals surface area contributed by atoms with Gasteiger partial charge in [0.2, 0.25) is 8.32 Å². The highest BCUT2D eigenvalue weighted by Gasteiger charge is 2.46. The Labute approximate surface area is 156 Å². The second-order valence-corrected chi connectivity index (χ2v) is 14.0. The summed E-state index contributed by atoms with van der Waals surface area (Å²) < 4.78 is 12.1. The quantitative estimate of drug-likeness (QED) is 0.222. The summed E-state index contributed by atoms with van der Waals surface area (Å²) in [6.07, 6.45) is 9.97. The van der Waals surface area contributed by atoms with Crippen LogP contribution in [0.3, 0.4) is 0 Å². The van der Waals surface area contributed by atoms with Gasteiger partial charge < -0.3 is 9.16 Å². The van der Waals surface area contributed by atoms with Crippen molar-refractivity contribution in [3.05, 3.63) is 12.2 Å². The Hall–Kier alpha value is -1.05. The molecule has 0 saturated heterocycles. The van der Waals surface area contributed by atoms with Crippen LogP contribution in [-0.2, 0) is 14.0 Å². The van der Waals surface area contributed by atoms with Crippen LogP contribution in [0.1, 0.15) is 75.2 Å². The first-order valence-electron chi connectivity index (χ1n) is 9.39. The smallest absolute Gasteiger partial charge is 0.331 e. The number of hydrogen-bond acceptors (Lipinski definition) is 3. The standard InChI is InChI=1S/C21H38O3Si/c1-11-12-13-19(14-15-20(22)23-21(8,9)10)24-25(16(2)3,17(4)5)18(6)7/h1,14-19H,12-13H2,2-10H3/b15-14+. The zero-order chi connectivity index (χ0) is 19.8. The lowest BCUT2D eigenvalue weighted by atomic mass is 10.2. The topological polar surface area (TPSA) is 35.5 Å². The van der Waals surface area contributed by atoms with Gasteiger partial charge in [-0.05, 0) is 49.9 Å². The Balaban J connectivity index is 5.44. The Morgan fingerprint density at radius 2 is 1.56 bits per heavy atom. The molecule has 144 valence electrons. The summed E-state index contributed by atoms with van der Waals surface area (Å²) >= 11 is 0. The van der Waals surface area contributed by atoms with Crippen molar-refractivity contribution in [2.24, 2.45) is 0 Å². The van der Waals surface area contributed by atoms with Crippen LogP contribution in [0, 0.1) is 12.3 Å². The number of carbonyl (C=O) groups is 1. The molecule has 1 unspecified atom stereocenters. The van der Waals surface area contributed by atoms with Crippen molar-refractivity contribution in [3.8, 4) is 12.3 Å². The molecule has 0 aliphatic heterocycles. The van der Waals surface area contributed by atoms with Crippen LogP contribution in [0.25, 0.3) is 0 Å². The van der Waals surface area contributed by atoms with E-state index in [1.165, 1.54) is 6.08 Å². The number of terminal acetylenes is 1. The largest absolute Gasteiger partial charge is 0.457 e. The maximum absolute atomic E-state index is 12.0. The van der Waals surface area contributed by atoms with E-state index in [4.69, 9.17) is 15.6 Å². The van der Waals surface area contributed by atoms with E-state index in [1.54, 1.807) is 0 Å². The fraction of sp³-hybridized carbons (Fsp3) is 0.762. The average Bonchev–Trinajstić information content (AvgIpc) is 2.43. The van der Waals surface area contributed by atoms with Crippen molar-refractivity contribution in [1.82, 2.24) is 0 Å². The molecule has 0 fully saturated rings. The van der Waals surface area contributed by atoms with Crippen LogP contribution in [0.4, 0.5) is 0 Å². The van der Waals surface area contributed by atoms with Gasteiger partial charge in [0.05, 0.1) is 6.10 Å². The maximum Gasteiger partial charge on any atom is 0.331 e. The van der Waals surface area contributed by atoms with E-state index in [9.17, 15) is 4.79 Å². The Kier molecular flexibility index (Phi) is 9.75. The first-order chi connectivity index (χ1) is 11.4. The van der Waals surface area contributed by atoms with Crippen molar-refractivity contribution in [1.29, 1.82) is 0 Å². The molecule has 0 spiro atoms. The third-order valence-electron chi connectivity index (χ3n) is 4.49. The number of rotatable bonds is 9.